The van der Waals surface area contributed by atoms with Crippen molar-refractivity contribution < 1.29 is 0 Å². The van der Waals surface area contributed by atoms with Crippen LogP contribution in [0.2, 0.25) is 0 Å². The Morgan fingerprint density at radius 1 is 0.537 bits per heavy atom. The minimum Gasteiger partial charge on any atom is -0.308 e. The smallest absolute Gasteiger partial charge is 0.155 e. The highest BCUT2D eigenvalue weighted by Crippen LogP contribution is 2.48. The van der Waals surface area contributed by atoms with Crippen LogP contribution in [0.3, 0.4) is 0 Å². The van der Waals surface area contributed by atoms with E-state index in [1.54, 1.807) is 0 Å². The van der Waals surface area contributed by atoms with Crippen LogP contribution in [0.25, 0.3) is 69.2 Å². The molecule has 3 nitrogen and oxygen atoms in total. The molecule has 2 atom stereocenters. The maximum atomic E-state index is 5.67. The first kappa shape index (κ1) is 31.2. The van der Waals surface area contributed by atoms with Gasteiger partial charge in [-0.1, -0.05) is 146 Å². The minimum absolute atomic E-state index is 0.0655. The summed E-state index contributed by atoms with van der Waals surface area (Å²) in [4.78, 5) is 11.0. The number of hydrogen-bond acceptors (Lipinski definition) is 3. The van der Waals surface area contributed by atoms with Crippen LogP contribution in [0, 0.1) is 5.92 Å². The lowest BCUT2D eigenvalue weighted by Crippen LogP contribution is -2.28. The van der Waals surface area contributed by atoms with Gasteiger partial charge in [0.05, 0.1) is 28.5 Å². The van der Waals surface area contributed by atoms with Crippen molar-refractivity contribution in [2.24, 2.45) is 15.9 Å². The first-order valence-electron chi connectivity index (χ1n) is 18.8. The summed E-state index contributed by atoms with van der Waals surface area (Å²) in [5, 5.41) is 10.1. The molecule has 0 saturated heterocycles. The number of rotatable bonds is 5. The van der Waals surface area contributed by atoms with Gasteiger partial charge in [0.2, 0.25) is 0 Å². The van der Waals surface area contributed by atoms with E-state index in [0.717, 1.165) is 29.1 Å². The van der Waals surface area contributed by atoms with Crippen LogP contribution in [0.4, 0.5) is 0 Å². The number of benzene rings is 8. The lowest BCUT2D eigenvalue weighted by Gasteiger charge is -2.31. The Morgan fingerprint density at radius 2 is 1.20 bits per heavy atom. The lowest BCUT2D eigenvalue weighted by molar-refractivity contribution is 0.532. The quantitative estimate of drug-likeness (QED) is 0.170. The van der Waals surface area contributed by atoms with Gasteiger partial charge in [-0.3, -0.25) is 4.99 Å². The molecule has 0 fully saturated rings. The number of fused-ring (bicyclic) bond motifs is 9. The molecule has 0 spiro atoms. The van der Waals surface area contributed by atoms with E-state index in [1.165, 1.54) is 74.8 Å². The molecule has 4 heteroatoms. The topological polar surface area (TPSA) is 29.6 Å². The zero-order valence-corrected chi connectivity index (χ0v) is 30.6. The summed E-state index contributed by atoms with van der Waals surface area (Å²) in [6, 6.07) is 61.7. The van der Waals surface area contributed by atoms with Crippen molar-refractivity contribution in [2.45, 2.75) is 19.4 Å². The molecule has 8 aromatic carbocycles. The molecule has 0 bridgehead atoms. The molecule has 0 radical (unpaired) electrons. The van der Waals surface area contributed by atoms with E-state index in [2.05, 4.69) is 181 Å². The molecule has 2 aromatic heterocycles. The van der Waals surface area contributed by atoms with Crippen molar-refractivity contribution in [2.75, 3.05) is 0 Å². The van der Waals surface area contributed by atoms with Crippen molar-refractivity contribution >= 4 is 86.4 Å². The molecule has 1 aliphatic heterocycles. The second-order valence-electron chi connectivity index (χ2n) is 14.3. The van der Waals surface area contributed by atoms with Crippen molar-refractivity contribution in [1.29, 1.82) is 0 Å². The highest BCUT2D eigenvalue weighted by atomic mass is 32.1. The minimum atomic E-state index is -0.176. The molecular weight excluding hydrogens is 675 g/mol. The van der Waals surface area contributed by atoms with Crippen molar-refractivity contribution in [3.63, 3.8) is 0 Å². The van der Waals surface area contributed by atoms with Crippen LogP contribution in [0.1, 0.15) is 36.1 Å². The average Bonchev–Trinajstić information content (AvgIpc) is 3.78. The van der Waals surface area contributed by atoms with E-state index in [9.17, 15) is 0 Å². The van der Waals surface area contributed by atoms with Crippen LogP contribution in [-0.4, -0.2) is 16.1 Å². The fraction of sp³-hybridized carbons (Fsp3) is 0.0800. The Balaban J connectivity index is 1.31. The molecule has 0 saturated carbocycles. The molecule has 54 heavy (non-hydrogen) atoms. The zero-order chi connectivity index (χ0) is 35.8. The summed E-state index contributed by atoms with van der Waals surface area (Å²) >= 11 is 1.87. The number of amidine groups is 1. The third-order valence-electron chi connectivity index (χ3n) is 11.4. The number of aromatic nitrogens is 1. The van der Waals surface area contributed by atoms with Gasteiger partial charge in [0.1, 0.15) is 0 Å². The van der Waals surface area contributed by atoms with Gasteiger partial charge in [0.15, 0.2) is 5.84 Å². The van der Waals surface area contributed by atoms with E-state index in [4.69, 9.17) is 9.98 Å². The molecule has 0 N–H and O–H groups in total. The number of nitrogens with zero attached hydrogens (tertiary/aromatic N) is 3. The summed E-state index contributed by atoms with van der Waals surface area (Å²) in [5.74, 6) is 0.847. The van der Waals surface area contributed by atoms with Gasteiger partial charge in [-0.05, 0) is 63.9 Å². The first-order valence-corrected chi connectivity index (χ1v) is 19.6. The van der Waals surface area contributed by atoms with E-state index in [-0.39, 0.29) is 12.0 Å². The number of hydrogen-bond donors (Lipinski definition) is 0. The second kappa shape index (κ2) is 12.4. The normalized spacial score (nSPS) is 16.2. The summed E-state index contributed by atoms with van der Waals surface area (Å²) in [6.45, 7) is 2.29. The van der Waals surface area contributed by atoms with Gasteiger partial charge in [0, 0.05) is 48.0 Å². The maximum Gasteiger partial charge on any atom is 0.155 e. The molecule has 2 unspecified atom stereocenters. The maximum absolute atomic E-state index is 5.67. The van der Waals surface area contributed by atoms with Crippen molar-refractivity contribution in [3.8, 4) is 5.69 Å². The molecule has 1 aliphatic rings. The van der Waals surface area contributed by atoms with Gasteiger partial charge >= 0.3 is 0 Å². The van der Waals surface area contributed by atoms with Crippen LogP contribution < -0.4 is 0 Å². The monoisotopic (exact) mass is 709 g/mol. The summed E-state index contributed by atoms with van der Waals surface area (Å²) in [5.41, 5.74) is 8.12. The average molecular weight is 710 g/mol. The molecular formula is C50H35N3S. The van der Waals surface area contributed by atoms with Gasteiger partial charge in [-0.15, -0.1) is 11.3 Å². The predicted molar refractivity (Wildman–Crippen MR) is 231 cm³/mol. The van der Waals surface area contributed by atoms with Gasteiger partial charge in [-0.2, -0.15) is 0 Å². The second-order valence-corrected chi connectivity index (χ2v) is 15.4. The summed E-state index contributed by atoms with van der Waals surface area (Å²) in [7, 11) is 0. The fourth-order valence-corrected chi connectivity index (χ4v) is 10.0. The molecule has 10 aromatic rings. The predicted octanol–water partition coefficient (Wildman–Crippen LogP) is 13.5. The SMILES string of the molecule is CCC1C(c2ccccc2)=NC(c2ccccc2)=NC1c1ccc2sc3ccccc3c2c1-n1c2cc3ccccc3cc2c2c3ccccc3ccc21. The van der Waals surface area contributed by atoms with Crippen molar-refractivity contribution in [3.05, 3.63) is 187 Å². The fourth-order valence-electron chi connectivity index (χ4n) is 8.92. The summed E-state index contributed by atoms with van der Waals surface area (Å²) in [6.07, 6.45) is 0.897. The van der Waals surface area contributed by atoms with Gasteiger partial charge < -0.3 is 4.57 Å². The molecule has 0 amide bonds. The Kier molecular flexibility index (Phi) is 7.14. The zero-order valence-electron chi connectivity index (χ0n) is 29.8. The Bertz CT molecular complexity index is 3150. The third kappa shape index (κ3) is 4.73. The Morgan fingerprint density at radius 3 is 1.98 bits per heavy atom. The molecule has 11 rings (SSSR count). The Labute approximate surface area is 317 Å². The number of aliphatic imine (C=N–C) groups is 2. The van der Waals surface area contributed by atoms with E-state index in [0.29, 0.717) is 0 Å². The standard InChI is InChI=1S/C50H35N3S/c1-2-36-47(32-16-5-3-6-17-32)51-50(33-18-7-4-8-19-33)52-48(36)39-26-28-44-46(38-23-13-14-24-43(38)54-44)49(39)53-41-27-25-31-15-11-12-22-37(31)45(41)40-29-34-20-9-10-21-35(34)30-42(40)53/h3-30,36,48H,2H2,1H3. The summed E-state index contributed by atoms with van der Waals surface area (Å²) < 4.78 is 5.15. The van der Waals surface area contributed by atoms with Crippen LogP contribution in [0.5, 0.6) is 0 Å². The van der Waals surface area contributed by atoms with E-state index >= 15 is 0 Å². The highest BCUT2D eigenvalue weighted by molar-refractivity contribution is 7.25. The van der Waals surface area contributed by atoms with Crippen LogP contribution in [0.15, 0.2) is 180 Å². The van der Waals surface area contributed by atoms with Gasteiger partial charge in [0.25, 0.3) is 0 Å². The van der Waals surface area contributed by atoms with E-state index < -0.39 is 0 Å². The molecule has 0 aliphatic carbocycles. The van der Waals surface area contributed by atoms with Crippen molar-refractivity contribution in [1.82, 2.24) is 4.57 Å². The highest BCUT2D eigenvalue weighted by Gasteiger charge is 2.35. The van der Waals surface area contributed by atoms with Gasteiger partial charge in [-0.25, -0.2) is 4.99 Å². The lowest BCUT2D eigenvalue weighted by atomic mass is 9.82. The largest absolute Gasteiger partial charge is 0.308 e. The Hall–Kier alpha value is -6.36. The number of thiophene rings is 1. The van der Waals surface area contributed by atoms with Crippen LogP contribution >= 0.6 is 11.3 Å². The molecule has 3 heterocycles. The molecule has 256 valence electrons. The third-order valence-corrected chi connectivity index (χ3v) is 12.5. The first-order chi connectivity index (χ1) is 26.7. The van der Waals surface area contributed by atoms with E-state index in [1.807, 2.05) is 11.3 Å². The van der Waals surface area contributed by atoms with Crippen LogP contribution in [-0.2, 0) is 0 Å².